The third-order valence-corrected chi connectivity index (χ3v) is 4.77. The number of anilines is 1. The Bertz CT molecular complexity index is 681. The van der Waals surface area contributed by atoms with Gasteiger partial charge in [-0.25, -0.2) is 0 Å². The highest BCUT2D eigenvalue weighted by atomic mass is 16.2. The van der Waals surface area contributed by atoms with Gasteiger partial charge < -0.3 is 5.32 Å². The second-order valence-corrected chi connectivity index (χ2v) is 6.33. The van der Waals surface area contributed by atoms with Gasteiger partial charge in [0.1, 0.15) is 0 Å². The molecule has 0 aliphatic carbocycles. The summed E-state index contributed by atoms with van der Waals surface area (Å²) in [6.07, 6.45) is 2.27. The van der Waals surface area contributed by atoms with Gasteiger partial charge in [0.15, 0.2) is 0 Å². The fraction of sp³-hybridized carbons (Fsp3) is 0.350. The smallest absolute Gasteiger partial charge is 0.238 e. The van der Waals surface area contributed by atoms with Crippen molar-refractivity contribution in [2.75, 3.05) is 18.4 Å². The summed E-state index contributed by atoms with van der Waals surface area (Å²) in [6.45, 7) is 5.55. The van der Waals surface area contributed by atoms with Crippen molar-refractivity contribution in [1.29, 1.82) is 0 Å². The summed E-state index contributed by atoms with van der Waals surface area (Å²) >= 11 is 0. The summed E-state index contributed by atoms with van der Waals surface area (Å²) in [5.41, 5.74) is 4.57. The minimum atomic E-state index is 0.0709. The molecule has 2 aromatic carbocycles. The number of aryl methyl sites for hydroxylation is 1. The summed E-state index contributed by atoms with van der Waals surface area (Å²) < 4.78 is 0. The Balaban J connectivity index is 1.66. The molecule has 3 nitrogen and oxygen atoms in total. The van der Waals surface area contributed by atoms with Crippen LogP contribution in [-0.4, -0.2) is 23.9 Å². The van der Waals surface area contributed by atoms with E-state index in [-0.39, 0.29) is 5.91 Å². The number of hydrogen-bond donors (Lipinski definition) is 1. The summed E-state index contributed by atoms with van der Waals surface area (Å²) in [6, 6.07) is 16.9. The molecule has 1 fully saturated rings. The van der Waals surface area contributed by atoms with Gasteiger partial charge in [0, 0.05) is 11.7 Å². The number of amides is 1. The molecule has 1 aliphatic heterocycles. The van der Waals surface area contributed by atoms with E-state index >= 15 is 0 Å². The monoisotopic (exact) mass is 308 g/mol. The van der Waals surface area contributed by atoms with Crippen LogP contribution in [0.4, 0.5) is 5.69 Å². The fourth-order valence-electron chi connectivity index (χ4n) is 3.33. The quantitative estimate of drug-likeness (QED) is 0.923. The average Bonchev–Trinajstić information content (AvgIpc) is 3.00. The Morgan fingerprint density at radius 3 is 2.70 bits per heavy atom. The molecular weight excluding hydrogens is 284 g/mol. The van der Waals surface area contributed by atoms with Crippen molar-refractivity contribution >= 4 is 11.6 Å². The Morgan fingerprint density at radius 1 is 1.13 bits per heavy atom. The van der Waals surface area contributed by atoms with Gasteiger partial charge in [0.05, 0.1) is 6.54 Å². The summed E-state index contributed by atoms with van der Waals surface area (Å²) in [7, 11) is 0. The molecule has 0 aromatic heterocycles. The topological polar surface area (TPSA) is 32.3 Å². The summed E-state index contributed by atoms with van der Waals surface area (Å²) in [5.74, 6) is 0.0709. The number of carbonyl (C=O) groups is 1. The second-order valence-electron chi connectivity index (χ2n) is 6.33. The molecule has 3 heteroatoms. The molecule has 1 aliphatic rings. The van der Waals surface area contributed by atoms with Gasteiger partial charge in [0.2, 0.25) is 5.91 Å². The molecule has 0 radical (unpaired) electrons. The minimum absolute atomic E-state index is 0.0709. The molecule has 1 unspecified atom stereocenters. The van der Waals surface area contributed by atoms with E-state index in [1.54, 1.807) is 0 Å². The van der Waals surface area contributed by atoms with Crippen LogP contribution in [0.15, 0.2) is 48.5 Å². The first kappa shape index (κ1) is 15.8. The number of benzene rings is 2. The minimum Gasteiger partial charge on any atom is -0.325 e. The molecule has 1 heterocycles. The standard InChI is InChI=1S/C20H24N2O/c1-15-8-6-11-18(16(15)2)21-20(23)14-22-13-7-12-19(22)17-9-4-3-5-10-17/h3-6,8-11,19H,7,12-14H2,1-2H3,(H,21,23). The van der Waals surface area contributed by atoms with Crippen molar-refractivity contribution in [2.45, 2.75) is 32.7 Å². The number of nitrogens with one attached hydrogen (secondary N) is 1. The molecule has 0 bridgehead atoms. The van der Waals surface area contributed by atoms with Crippen LogP contribution in [0.25, 0.3) is 0 Å². The van der Waals surface area contributed by atoms with E-state index in [2.05, 4.69) is 47.5 Å². The maximum absolute atomic E-state index is 12.5. The maximum Gasteiger partial charge on any atom is 0.238 e. The normalized spacial score (nSPS) is 18.1. The first-order chi connectivity index (χ1) is 11.1. The molecule has 1 atom stereocenters. The Hall–Kier alpha value is -2.13. The van der Waals surface area contributed by atoms with Gasteiger partial charge in [-0.05, 0) is 56.0 Å². The van der Waals surface area contributed by atoms with Crippen molar-refractivity contribution in [2.24, 2.45) is 0 Å². The van der Waals surface area contributed by atoms with Gasteiger partial charge in [-0.15, -0.1) is 0 Å². The van der Waals surface area contributed by atoms with Crippen molar-refractivity contribution < 1.29 is 4.79 Å². The van der Waals surface area contributed by atoms with Gasteiger partial charge in [0.25, 0.3) is 0 Å². The van der Waals surface area contributed by atoms with Crippen LogP contribution in [-0.2, 0) is 4.79 Å². The first-order valence-corrected chi connectivity index (χ1v) is 8.30. The fourth-order valence-corrected chi connectivity index (χ4v) is 3.33. The molecule has 1 amide bonds. The molecular formula is C20H24N2O. The van der Waals surface area contributed by atoms with Crippen LogP contribution >= 0.6 is 0 Å². The predicted octanol–water partition coefficient (Wildman–Crippen LogP) is 4.08. The molecule has 23 heavy (non-hydrogen) atoms. The van der Waals surface area contributed by atoms with Crippen LogP contribution < -0.4 is 5.32 Å². The summed E-state index contributed by atoms with van der Waals surface area (Å²) in [4.78, 5) is 14.7. The van der Waals surface area contributed by atoms with E-state index < -0.39 is 0 Å². The highest BCUT2D eigenvalue weighted by Crippen LogP contribution is 2.31. The average molecular weight is 308 g/mol. The molecule has 0 saturated carbocycles. The third kappa shape index (κ3) is 3.62. The van der Waals surface area contributed by atoms with Crippen LogP contribution in [0.5, 0.6) is 0 Å². The Kier molecular flexibility index (Phi) is 4.77. The molecule has 2 aromatic rings. The van der Waals surface area contributed by atoms with Crippen LogP contribution in [0.3, 0.4) is 0 Å². The van der Waals surface area contributed by atoms with Gasteiger partial charge >= 0.3 is 0 Å². The lowest BCUT2D eigenvalue weighted by molar-refractivity contribution is -0.117. The van der Waals surface area contributed by atoms with Crippen molar-refractivity contribution in [1.82, 2.24) is 4.90 Å². The zero-order chi connectivity index (χ0) is 16.2. The van der Waals surface area contributed by atoms with E-state index in [0.717, 1.165) is 30.6 Å². The maximum atomic E-state index is 12.5. The number of rotatable bonds is 4. The number of likely N-dealkylation sites (tertiary alicyclic amines) is 1. The summed E-state index contributed by atoms with van der Waals surface area (Å²) in [5, 5.41) is 3.07. The van der Waals surface area contributed by atoms with E-state index in [9.17, 15) is 4.79 Å². The van der Waals surface area contributed by atoms with Crippen LogP contribution in [0.2, 0.25) is 0 Å². The lowest BCUT2D eigenvalue weighted by Crippen LogP contribution is -2.33. The van der Waals surface area contributed by atoms with Gasteiger partial charge in [-0.3, -0.25) is 9.69 Å². The molecule has 0 spiro atoms. The zero-order valence-corrected chi connectivity index (χ0v) is 13.9. The lowest BCUT2D eigenvalue weighted by atomic mass is 10.0. The largest absolute Gasteiger partial charge is 0.325 e. The number of nitrogens with zero attached hydrogens (tertiary/aromatic N) is 1. The molecule has 120 valence electrons. The van der Waals surface area contributed by atoms with Crippen molar-refractivity contribution in [3.05, 3.63) is 65.2 Å². The molecule has 1 N–H and O–H groups in total. The highest BCUT2D eigenvalue weighted by molar-refractivity contribution is 5.93. The van der Waals surface area contributed by atoms with E-state index in [0.29, 0.717) is 12.6 Å². The highest BCUT2D eigenvalue weighted by Gasteiger charge is 2.27. The van der Waals surface area contributed by atoms with E-state index in [4.69, 9.17) is 0 Å². The lowest BCUT2D eigenvalue weighted by Gasteiger charge is -2.24. The SMILES string of the molecule is Cc1cccc(NC(=O)CN2CCCC2c2ccccc2)c1C. The first-order valence-electron chi connectivity index (χ1n) is 8.30. The molecule has 3 rings (SSSR count). The van der Waals surface area contributed by atoms with E-state index in [1.807, 2.05) is 25.1 Å². The second kappa shape index (κ2) is 6.97. The Labute approximate surface area is 138 Å². The van der Waals surface area contributed by atoms with Crippen LogP contribution in [0, 0.1) is 13.8 Å². The third-order valence-electron chi connectivity index (χ3n) is 4.77. The Morgan fingerprint density at radius 2 is 1.91 bits per heavy atom. The number of hydrogen-bond acceptors (Lipinski definition) is 2. The molecule has 1 saturated heterocycles. The van der Waals surface area contributed by atoms with Crippen LogP contribution in [0.1, 0.15) is 35.6 Å². The van der Waals surface area contributed by atoms with Crippen molar-refractivity contribution in [3.8, 4) is 0 Å². The number of carbonyl (C=O) groups excluding carboxylic acids is 1. The van der Waals surface area contributed by atoms with Gasteiger partial charge in [-0.1, -0.05) is 42.5 Å². The zero-order valence-electron chi connectivity index (χ0n) is 13.9. The van der Waals surface area contributed by atoms with E-state index in [1.165, 1.54) is 11.1 Å². The van der Waals surface area contributed by atoms with Gasteiger partial charge in [-0.2, -0.15) is 0 Å². The van der Waals surface area contributed by atoms with Crippen molar-refractivity contribution in [3.63, 3.8) is 0 Å². The predicted molar refractivity (Wildman–Crippen MR) is 94.5 cm³/mol.